The SMILES string of the molecule is NS(=O)(=O)c1cc(CCl)ccc1CCl. The molecule has 0 aromatic heterocycles. The summed E-state index contributed by atoms with van der Waals surface area (Å²) in [6, 6.07) is 4.78. The second-order valence-electron chi connectivity index (χ2n) is 2.75. The third-order valence-corrected chi connectivity index (χ3v) is 3.33. The number of rotatable bonds is 3. The number of benzene rings is 1. The van der Waals surface area contributed by atoms with Crippen molar-refractivity contribution in [3.05, 3.63) is 29.3 Å². The predicted octanol–water partition coefficient (Wildman–Crippen LogP) is 1.81. The summed E-state index contributed by atoms with van der Waals surface area (Å²) in [5.74, 6) is 0.347. The minimum absolute atomic E-state index is 0.0469. The zero-order valence-electron chi connectivity index (χ0n) is 7.20. The van der Waals surface area contributed by atoms with Gasteiger partial charge in [0.15, 0.2) is 0 Å². The summed E-state index contributed by atoms with van der Waals surface area (Å²) in [5.41, 5.74) is 1.19. The molecule has 1 aromatic carbocycles. The van der Waals surface area contributed by atoms with E-state index in [1.54, 1.807) is 12.1 Å². The maximum absolute atomic E-state index is 11.2. The van der Waals surface area contributed by atoms with Crippen LogP contribution in [0.1, 0.15) is 11.1 Å². The molecule has 0 fully saturated rings. The van der Waals surface area contributed by atoms with E-state index in [9.17, 15) is 8.42 Å². The molecule has 0 saturated carbocycles. The molecule has 6 heteroatoms. The topological polar surface area (TPSA) is 60.2 Å². The summed E-state index contributed by atoms with van der Waals surface area (Å²) < 4.78 is 22.3. The Kier molecular flexibility index (Phi) is 3.78. The Hall–Kier alpha value is -0.290. The molecular formula is C8H9Cl2NO2S. The van der Waals surface area contributed by atoms with Crippen molar-refractivity contribution in [1.29, 1.82) is 0 Å². The van der Waals surface area contributed by atoms with Gasteiger partial charge in [0.25, 0.3) is 0 Å². The van der Waals surface area contributed by atoms with Crippen molar-refractivity contribution in [2.75, 3.05) is 0 Å². The lowest BCUT2D eigenvalue weighted by Gasteiger charge is -2.06. The number of sulfonamides is 1. The fourth-order valence-corrected chi connectivity index (χ4v) is 2.36. The molecule has 0 atom stereocenters. The van der Waals surface area contributed by atoms with E-state index in [0.717, 1.165) is 0 Å². The normalized spacial score (nSPS) is 11.6. The molecule has 0 bridgehead atoms. The van der Waals surface area contributed by atoms with Gasteiger partial charge in [-0.05, 0) is 17.2 Å². The van der Waals surface area contributed by atoms with E-state index in [1.807, 2.05) is 0 Å². The summed E-state index contributed by atoms with van der Waals surface area (Å²) in [6.07, 6.45) is 0. The van der Waals surface area contributed by atoms with Gasteiger partial charge in [-0.25, -0.2) is 13.6 Å². The number of hydrogen-bond acceptors (Lipinski definition) is 2. The highest BCUT2D eigenvalue weighted by Gasteiger charge is 2.13. The summed E-state index contributed by atoms with van der Waals surface area (Å²) in [4.78, 5) is 0.0469. The first-order valence-corrected chi connectivity index (χ1v) is 6.37. The van der Waals surface area contributed by atoms with E-state index in [1.165, 1.54) is 6.07 Å². The molecule has 0 spiro atoms. The molecule has 0 aliphatic carbocycles. The highest BCUT2D eigenvalue weighted by Crippen LogP contribution is 2.19. The summed E-state index contributed by atoms with van der Waals surface area (Å²) >= 11 is 11.2. The lowest BCUT2D eigenvalue weighted by molar-refractivity contribution is 0.597. The summed E-state index contributed by atoms with van der Waals surface area (Å²) in [7, 11) is -3.72. The maximum Gasteiger partial charge on any atom is 0.238 e. The van der Waals surface area contributed by atoms with Crippen molar-refractivity contribution in [1.82, 2.24) is 0 Å². The molecular weight excluding hydrogens is 245 g/mol. The zero-order chi connectivity index (χ0) is 10.8. The van der Waals surface area contributed by atoms with Crippen molar-refractivity contribution < 1.29 is 8.42 Å². The smallest absolute Gasteiger partial charge is 0.225 e. The van der Waals surface area contributed by atoms with Crippen molar-refractivity contribution in [2.45, 2.75) is 16.7 Å². The monoisotopic (exact) mass is 253 g/mol. The highest BCUT2D eigenvalue weighted by atomic mass is 35.5. The van der Waals surface area contributed by atoms with Gasteiger partial charge in [0.2, 0.25) is 10.0 Å². The molecule has 3 nitrogen and oxygen atoms in total. The molecule has 0 unspecified atom stereocenters. The van der Waals surface area contributed by atoms with Crippen molar-refractivity contribution in [3.63, 3.8) is 0 Å². The number of primary sulfonamides is 1. The minimum atomic E-state index is -3.72. The van der Waals surface area contributed by atoms with Crippen molar-refractivity contribution >= 4 is 33.2 Å². The first-order valence-electron chi connectivity index (χ1n) is 3.75. The van der Waals surface area contributed by atoms with E-state index < -0.39 is 10.0 Å². The molecule has 0 heterocycles. The van der Waals surface area contributed by atoms with Crippen LogP contribution in [0.5, 0.6) is 0 Å². The van der Waals surface area contributed by atoms with E-state index in [0.29, 0.717) is 11.1 Å². The first kappa shape index (κ1) is 11.8. The molecule has 2 N–H and O–H groups in total. The highest BCUT2D eigenvalue weighted by molar-refractivity contribution is 7.89. The van der Waals surface area contributed by atoms with Crippen LogP contribution < -0.4 is 5.14 Å². The fraction of sp³-hybridized carbons (Fsp3) is 0.250. The number of halogens is 2. The number of nitrogens with two attached hydrogens (primary N) is 1. The van der Waals surface area contributed by atoms with Crippen LogP contribution in [-0.4, -0.2) is 8.42 Å². The summed E-state index contributed by atoms with van der Waals surface area (Å²) in [5, 5.41) is 5.03. The third kappa shape index (κ3) is 2.60. The van der Waals surface area contributed by atoms with Crippen LogP contribution in [0.2, 0.25) is 0 Å². The molecule has 1 aromatic rings. The molecule has 0 radical (unpaired) electrons. The van der Waals surface area contributed by atoms with Crippen LogP contribution in [-0.2, 0) is 21.8 Å². The minimum Gasteiger partial charge on any atom is -0.225 e. The lowest BCUT2D eigenvalue weighted by Crippen LogP contribution is -2.14. The van der Waals surface area contributed by atoms with Crippen LogP contribution in [0.25, 0.3) is 0 Å². The van der Waals surface area contributed by atoms with Gasteiger partial charge in [-0.1, -0.05) is 12.1 Å². The van der Waals surface area contributed by atoms with E-state index in [-0.39, 0.29) is 16.7 Å². The Balaban J connectivity index is 3.37. The Labute approximate surface area is 92.9 Å². The molecule has 0 saturated heterocycles. The van der Waals surface area contributed by atoms with Gasteiger partial charge >= 0.3 is 0 Å². The number of alkyl halides is 2. The Bertz CT molecular complexity index is 431. The van der Waals surface area contributed by atoms with Gasteiger partial charge < -0.3 is 0 Å². The second-order valence-corrected chi connectivity index (χ2v) is 4.82. The van der Waals surface area contributed by atoms with Gasteiger partial charge in [0.1, 0.15) is 0 Å². The predicted molar refractivity (Wildman–Crippen MR) is 56.9 cm³/mol. The Morgan fingerprint density at radius 3 is 2.29 bits per heavy atom. The third-order valence-electron chi connectivity index (χ3n) is 1.74. The van der Waals surface area contributed by atoms with E-state index >= 15 is 0 Å². The molecule has 0 aliphatic rings. The maximum atomic E-state index is 11.2. The van der Waals surface area contributed by atoms with E-state index in [4.69, 9.17) is 28.3 Å². The summed E-state index contributed by atoms with van der Waals surface area (Å²) in [6.45, 7) is 0. The van der Waals surface area contributed by atoms with Crippen LogP contribution in [0.15, 0.2) is 23.1 Å². The largest absolute Gasteiger partial charge is 0.238 e. The van der Waals surface area contributed by atoms with Gasteiger partial charge in [-0.15, -0.1) is 23.2 Å². The quantitative estimate of drug-likeness (QED) is 0.836. The number of hydrogen-bond donors (Lipinski definition) is 1. The van der Waals surface area contributed by atoms with Crippen molar-refractivity contribution in [2.24, 2.45) is 5.14 Å². The Morgan fingerprint density at radius 1 is 1.21 bits per heavy atom. The van der Waals surface area contributed by atoms with Gasteiger partial charge in [-0.3, -0.25) is 0 Å². The average molecular weight is 254 g/mol. The van der Waals surface area contributed by atoms with Gasteiger partial charge in [0, 0.05) is 11.8 Å². The lowest BCUT2D eigenvalue weighted by atomic mass is 10.2. The molecule has 0 aliphatic heterocycles. The van der Waals surface area contributed by atoms with Crippen LogP contribution in [0.3, 0.4) is 0 Å². The van der Waals surface area contributed by atoms with Crippen LogP contribution in [0, 0.1) is 0 Å². The Morgan fingerprint density at radius 2 is 1.86 bits per heavy atom. The molecule has 78 valence electrons. The van der Waals surface area contributed by atoms with Crippen molar-refractivity contribution in [3.8, 4) is 0 Å². The molecule has 14 heavy (non-hydrogen) atoms. The average Bonchev–Trinajstić information content (AvgIpc) is 2.15. The fourth-order valence-electron chi connectivity index (χ4n) is 1.06. The van der Waals surface area contributed by atoms with Crippen LogP contribution >= 0.6 is 23.2 Å². The van der Waals surface area contributed by atoms with E-state index in [2.05, 4.69) is 0 Å². The first-order chi connectivity index (χ1) is 6.49. The molecule has 1 rings (SSSR count). The van der Waals surface area contributed by atoms with Crippen LogP contribution in [0.4, 0.5) is 0 Å². The zero-order valence-corrected chi connectivity index (χ0v) is 9.53. The molecule has 0 amide bonds. The second kappa shape index (κ2) is 4.49. The standard InChI is InChI=1S/C8H9Cl2NO2S/c9-4-6-1-2-7(5-10)8(3-6)14(11,12)13/h1-3H,4-5H2,(H2,11,12,13). The van der Waals surface area contributed by atoms with Gasteiger partial charge in [0.05, 0.1) is 4.90 Å². The van der Waals surface area contributed by atoms with Gasteiger partial charge in [-0.2, -0.15) is 0 Å².